The number of likely N-dealkylation sites (tertiary alicyclic amines) is 1. The number of aromatic amines is 1. The zero-order valence-electron chi connectivity index (χ0n) is 16.3. The van der Waals surface area contributed by atoms with E-state index in [-0.39, 0.29) is 11.4 Å². The number of halogens is 1. The lowest BCUT2D eigenvalue weighted by Gasteiger charge is -2.36. The summed E-state index contributed by atoms with van der Waals surface area (Å²) in [6.45, 7) is 7.88. The molecule has 0 bridgehead atoms. The molecule has 2 aromatic heterocycles. The first kappa shape index (κ1) is 18.0. The molecule has 0 radical (unpaired) electrons. The quantitative estimate of drug-likeness (QED) is 0.682. The summed E-state index contributed by atoms with van der Waals surface area (Å²) in [5, 5.41) is 0.997. The Balaban J connectivity index is 1.83. The number of hydrogen-bond acceptors (Lipinski definition) is 3. The number of methoxy groups -OCH3 is 1. The second-order valence-corrected chi connectivity index (χ2v) is 8.21. The first-order chi connectivity index (χ1) is 12.9. The Bertz CT molecular complexity index is 973. The maximum atomic E-state index is 13.9. The topological polar surface area (TPSA) is 41.1 Å². The number of pyridine rings is 1. The third-order valence-electron chi connectivity index (χ3n) is 5.48. The van der Waals surface area contributed by atoms with Crippen molar-refractivity contribution in [2.75, 3.05) is 13.7 Å². The molecule has 3 aromatic rings. The molecule has 142 valence electrons. The van der Waals surface area contributed by atoms with E-state index >= 15 is 0 Å². The molecule has 0 aliphatic carbocycles. The van der Waals surface area contributed by atoms with Crippen molar-refractivity contribution >= 4 is 11.0 Å². The van der Waals surface area contributed by atoms with E-state index in [0.29, 0.717) is 11.8 Å². The fourth-order valence-corrected chi connectivity index (χ4v) is 4.25. The van der Waals surface area contributed by atoms with E-state index in [9.17, 15) is 4.39 Å². The van der Waals surface area contributed by atoms with Gasteiger partial charge in [0.05, 0.1) is 13.2 Å². The van der Waals surface area contributed by atoms with Gasteiger partial charge in [0.2, 0.25) is 0 Å². The summed E-state index contributed by atoms with van der Waals surface area (Å²) in [4.78, 5) is 10.6. The van der Waals surface area contributed by atoms with Crippen molar-refractivity contribution in [1.29, 1.82) is 0 Å². The van der Waals surface area contributed by atoms with Crippen LogP contribution in [0.1, 0.15) is 45.3 Å². The number of benzene rings is 1. The summed E-state index contributed by atoms with van der Waals surface area (Å²) < 4.78 is 19.4. The Kier molecular flexibility index (Phi) is 4.42. The average Bonchev–Trinajstić information content (AvgIpc) is 3.27. The summed E-state index contributed by atoms with van der Waals surface area (Å²) in [6.07, 6.45) is 4.08. The monoisotopic (exact) mass is 367 g/mol. The van der Waals surface area contributed by atoms with E-state index in [4.69, 9.17) is 4.74 Å². The van der Waals surface area contributed by atoms with Gasteiger partial charge in [-0.2, -0.15) is 0 Å². The molecule has 1 atom stereocenters. The molecule has 0 saturated carbocycles. The molecule has 1 saturated heterocycles. The van der Waals surface area contributed by atoms with Gasteiger partial charge in [-0.25, -0.2) is 9.37 Å². The summed E-state index contributed by atoms with van der Waals surface area (Å²) in [7, 11) is 1.61. The molecule has 1 aromatic carbocycles. The minimum absolute atomic E-state index is 0.112. The average molecular weight is 367 g/mol. The number of ether oxygens (including phenoxy) is 1. The van der Waals surface area contributed by atoms with Gasteiger partial charge >= 0.3 is 0 Å². The fraction of sp³-hybridized carbons (Fsp3) is 0.409. The van der Waals surface area contributed by atoms with Gasteiger partial charge in [0, 0.05) is 28.4 Å². The van der Waals surface area contributed by atoms with E-state index < -0.39 is 0 Å². The predicted molar refractivity (Wildman–Crippen MR) is 106 cm³/mol. The number of fused-ring (bicyclic) bond motifs is 1. The molecule has 0 spiro atoms. The SMILES string of the molecule is COc1ccc(F)cc1-c1ccnc2[nH]c(C3CCCN3C(C)(C)C)cc12. The molecule has 3 heterocycles. The number of hydrogen-bond donors (Lipinski definition) is 1. The summed E-state index contributed by atoms with van der Waals surface area (Å²) >= 11 is 0. The van der Waals surface area contributed by atoms with Gasteiger partial charge in [-0.05, 0) is 76.1 Å². The Hall–Kier alpha value is -2.40. The highest BCUT2D eigenvalue weighted by atomic mass is 19.1. The molecular weight excluding hydrogens is 341 g/mol. The highest BCUT2D eigenvalue weighted by Gasteiger charge is 2.34. The maximum Gasteiger partial charge on any atom is 0.138 e. The first-order valence-electron chi connectivity index (χ1n) is 9.47. The second-order valence-electron chi connectivity index (χ2n) is 8.21. The van der Waals surface area contributed by atoms with Crippen LogP contribution < -0.4 is 4.74 Å². The van der Waals surface area contributed by atoms with E-state index in [2.05, 4.69) is 41.7 Å². The van der Waals surface area contributed by atoms with Gasteiger partial charge in [-0.1, -0.05) is 0 Å². The lowest BCUT2D eigenvalue weighted by molar-refractivity contribution is 0.120. The number of aromatic nitrogens is 2. The number of nitrogens with one attached hydrogen (secondary N) is 1. The van der Waals surface area contributed by atoms with Crippen LogP contribution in [0, 0.1) is 5.82 Å². The van der Waals surface area contributed by atoms with E-state index in [1.165, 1.54) is 24.2 Å². The third kappa shape index (κ3) is 3.21. The van der Waals surface area contributed by atoms with Crippen molar-refractivity contribution in [3.8, 4) is 16.9 Å². The van der Waals surface area contributed by atoms with E-state index in [0.717, 1.165) is 35.1 Å². The summed E-state index contributed by atoms with van der Waals surface area (Å²) in [5.74, 6) is 0.380. The Labute approximate surface area is 159 Å². The van der Waals surface area contributed by atoms with Crippen molar-refractivity contribution in [3.05, 3.63) is 48.0 Å². The molecule has 4 nitrogen and oxygen atoms in total. The van der Waals surface area contributed by atoms with Gasteiger partial charge < -0.3 is 9.72 Å². The lowest BCUT2D eigenvalue weighted by Crippen LogP contribution is -2.40. The number of H-pyrrole nitrogens is 1. The molecular formula is C22H26FN3O. The Morgan fingerprint density at radius 2 is 2.00 bits per heavy atom. The highest BCUT2D eigenvalue weighted by molar-refractivity contribution is 5.95. The van der Waals surface area contributed by atoms with E-state index in [1.54, 1.807) is 19.4 Å². The lowest BCUT2D eigenvalue weighted by atomic mass is 10.0. The minimum Gasteiger partial charge on any atom is -0.496 e. The van der Waals surface area contributed by atoms with Gasteiger partial charge in [-0.3, -0.25) is 4.90 Å². The van der Waals surface area contributed by atoms with Crippen molar-refractivity contribution in [1.82, 2.24) is 14.9 Å². The van der Waals surface area contributed by atoms with Crippen LogP contribution in [0.3, 0.4) is 0 Å². The molecule has 1 N–H and O–H groups in total. The first-order valence-corrected chi connectivity index (χ1v) is 9.47. The van der Waals surface area contributed by atoms with Crippen LogP contribution in [-0.4, -0.2) is 34.1 Å². The third-order valence-corrected chi connectivity index (χ3v) is 5.48. The molecule has 1 aliphatic heterocycles. The second kappa shape index (κ2) is 6.64. The number of rotatable bonds is 3. The molecule has 27 heavy (non-hydrogen) atoms. The molecule has 4 rings (SSSR count). The van der Waals surface area contributed by atoms with Gasteiger partial charge in [-0.15, -0.1) is 0 Å². The predicted octanol–water partition coefficient (Wildman–Crippen LogP) is 5.31. The van der Waals surface area contributed by atoms with Crippen molar-refractivity contribution in [2.45, 2.75) is 45.2 Å². The van der Waals surface area contributed by atoms with Crippen LogP contribution in [0.2, 0.25) is 0 Å². The van der Waals surface area contributed by atoms with Gasteiger partial charge in [0.25, 0.3) is 0 Å². The van der Waals surface area contributed by atoms with Gasteiger partial charge in [0.1, 0.15) is 17.2 Å². The van der Waals surface area contributed by atoms with Crippen LogP contribution in [0.25, 0.3) is 22.2 Å². The summed E-state index contributed by atoms with van der Waals surface area (Å²) in [6, 6.07) is 9.06. The molecule has 0 amide bonds. The largest absolute Gasteiger partial charge is 0.496 e. The van der Waals surface area contributed by atoms with E-state index in [1.807, 2.05) is 6.07 Å². The molecule has 1 fully saturated rings. The molecule has 1 unspecified atom stereocenters. The molecule has 5 heteroatoms. The fourth-order valence-electron chi connectivity index (χ4n) is 4.25. The standard InChI is InChI=1S/C22H26FN3O/c1-22(2,3)26-11-5-6-19(26)18-13-17-15(9-10-24-21(17)25-18)16-12-14(23)7-8-20(16)27-4/h7-10,12-13,19H,5-6,11H2,1-4H3,(H,24,25). The van der Waals surface area contributed by atoms with Crippen LogP contribution in [0.4, 0.5) is 4.39 Å². The zero-order valence-corrected chi connectivity index (χ0v) is 16.3. The summed E-state index contributed by atoms with van der Waals surface area (Å²) in [5.41, 5.74) is 3.79. The van der Waals surface area contributed by atoms with Crippen molar-refractivity contribution < 1.29 is 9.13 Å². The van der Waals surface area contributed by atoms with Crippen molar-refractivity contribution in [3.63, 3.8) is 0 Å². The normalized spacial score (nSPS) is 18.3. The highest BCUT2D eigenvalue weighted by Crippen LogP contribution is 2.40. The van der Waals surface area contributed by atoms with Crippen LogP contribution >= 0.6 is 0 Å². The zero-order chi connectivity index (χ0) is 19.2. The smallest absolute Gasteiger partial charge is 0.138 e. The van der Waals surface area contributed by atoms with Crippen molar-refractivity contribution in [2.24, 2.45) is 0 Å². The molecule has 1 aliphatic rings. The Morgan fingerprint density at radius 1 is 1.19 bits per heavy atom. The minimum atomic E-state index is -0.277. The van der Waals surface area contributed by atoms with Crippen LogP contribution in [0.15, 0.2) is 36.5 Å². The number of nitrogens with zero attached hydrogens (tertiary/aromatic N) is 2. The van der Waals surface area contributed by atoms with Gasteiger partial charge in [0.15, 0.2) is 0 Å². The van der Waals surface area contributed by atoms with Crippen LogP contribution in [0.5, 0.6) is 5.75 Å². The maximum absolute atomic E-state index is 13.9. The Morgan fingerprint density at radius 3 is 2.74 bits per heavy atom. The van der Waals surface area contributed by atoms with Crippen LogP contribution in [-0.2, 0) is 0 Å².